The number of hydrogen-bond donors (Lipinski definition) is 0. The Morgan fingerprint density at radius 1 is 1.35 bits per heavy atom. The minimum Gasteiger partial charge on any atom is -0.338 e. The lowest BCUT2D eigenvalue weighted by molar-refractivity contribution is 0.0934. The molecule has 1 saturated carbocycles. The summed E-state index contributed by atoms with van der Waals surface area (Å²) in [6.45, 7) is 13.5. The van der Waals surface area contributed by atoms with Crippen LogP contribution in [0.1, 0.15) is 50.4 Å². The molecule has 0 aromatic carbocycles. The molecule has 2 aliphatic rings. The summed E-state index contributed by atoms with van der Waals surface area (Å²) in [5, 5.41) is 4.11. The molecule has 0 amide bonds. The monoisotopic (exact) mass is 276 g/mol. The molecule has 20 heavy (non-hydrogen) atoms. The normalized spacial score (nSPS) is 22.9. The van der Waals surface area contributed by atoms with Crippen LogP contribution in [-0.2, 0) is 0 Å². The van der Waals surface area contributed by atoms with Crippen LogP contribution in [0.15, 0.2) is 16.7 Å². The van der Waals surface area contributed by atoms with Gasteiger partial charge in [0, 0.05) is 38.6 Å². The van der Waals surface area contributed by atoms with Gasteiger partial charge in [-0.2, -0.15) is 4.98 Å². The first-order valence-corrected chi connectivity index (χ1v) is 7.58. The first-order chi connectivity index (χ1) is 9.63. The van der Waals surface area contributed by atoms with Gasteiger partial charge in [-0.25, -0.2) is 0 Å². The molecule has 0 radical (unpaired) electrons. The van der Waals surface area contributed by atoms with Crippen LogP contribution in [-0.4, -0.2) is 52.7 Å². The molecule has 2 fully saturated rings. The summed E-state index contributed by atoms with van der Waals surface area (Å²) in [5.74, 6) is 2.25. The van der Waals surface area contributed by atoms with E-state index in [9.17, 15) is 0 Å². The Morgan fingerprint density at radius 2 is 2.05 bits per heavy atom. The SMILES string of the molecule is C=C(C)CN1CCN([C@@H](C)c2nc(C3CC3)no2)CC1. The van der Waals surface area contributed by atoms with Crippen molar-refractivity contribution in [3.63, 3.8) is 0 Å². The molecule has 0 spiro atoms. The molecule has 1 saturated heterocycles. The highest BCUT2D eigenvalue weighted by molar-refractivity contribution is 5.05. The van der Waals surface area contributed by atoms with E-state index in [0.717, 1.165) is 44.4 Å². The molecule has 3 rings (SSSR count). The maximum atomic E-state index is 5.44. The summed E-state index contributed by atoms with van der Waals surface area (Å²) in [5.41, 5.74) is 1.23. The first-order valence-electron chi connectivity index (χ1n) is 7.58. The van der Waals surface area contributed by atoms with Crippen molar-refractivity contribution in [3.05, 3.63) is 23.9 Å². The Bertz CT molecular complexity index is 472. The number of aromatic nitrogens is 2. The quantitative estimate of drug-likeness (QED) is 0.772. The van der Waals surface area contributed by atoms with Crippen molar-refractivity contribution in [2.75, 3.05) is 32.7 Å². The zero-order chi connectivity index (χ0) is 14.1. The van der Waals surface area contributed by atoms with E-state index < -0.39 is 0 Å². The zero-order valence-electron chi connectivity index (χ0n) is 12.5. The molecule has 0 N–H and O–H groups in total. The van der Waals surface area contributed by atoms with Crippen LogP contribution >= 0.6 is 0 Å². The van der Waals surface area contributed by atoms with E-state index >= 15 is 0 Å². The molecule has 5 heteroatoms. The summed E-state index contributed by atoms with van der Waals surface area (Å²) in [6.07, 6.45) is 2.43. The largest absolute Gasteiger partial charge is 0.338 e. The lowest BCUT2D eigenvalue weighted by Crippen LogP contribution is -2.47. The molecule has 0 bridgehead atoms. The maximum absolute atomic E-state index is 5.44. The van der Waals surface area contributed by atoms with Gasteiger partial charge in [0.2, 0.25) is 5.89 Å². The minimum atomic E-state index is 0.224. The summed E-state index contributed by atoms with van der Waals surface area (Å²) in [6, 6.07) is 0.224. The lowest BCUT2D eigenvalue weighted by atomic mass is 10.2. The Kier molecular flexibility index (Phi) is 3.89. The van der Waals surface area contributed by atoms with Gasteiger partial charge < -0.3 is 4.52 Å². The summed E-state index contributed by atoms with van der Waals surface area (Å²) < 4.78 is 5.44. The van der Waals surface area contributed by atoms with Crippen LogP contribution in [0.5, 0.6) is 0 Å². The molecule has 1 aromatic heterocycles. The minimum absolute atomic E-state index is 0.224. The molecule has 1 aliphatic heterocycles. The fraction of sp³-hybridized carbons (Fsp3) is 0.733. The van der Waals surface area contributed by atoms with Crippen LogP contribution in [0.2, 0.25) is 0 Å². The van der Waals surface area contributed by atoms with Crippen LogP contribution in [0, 0.1) is 0 Å². The van der Waals surface area contributed by atoms with Crippen LogP contribution < -0.4 is 0 Å². The van der Waals surface area contributed by atoms with Crippen LogP contribution in [0.25, 0.3) is 0 Å². The molecule has 0 unspecified atom stereocenters. The van der Waals surface area contributed by atoms with Gasteiger partial charge in [0.1, 0.15) is 0 Å². The van der Waals surface area contributed by atoms with E-state index in [2.05, 4.69) is 40.4 Å². The fourth-order valence-electron chi connectivity index (χ4n) is 2.77. The van der Waals surface area contributed by atoms with Gasteiger partial charge in [-0.05, 0) is 26.7 Å². The fourth-order valence-corrected chi connectivity index (χ4v) is 2.77. The third kappa shape index (κ3) is 3.10. The zero-order valence-corrected chi connectivity index (χ0v) is 12.5. The van der Waals surface area contributed by atoms with Gasteiger partial charge >= 0.3 is 0 Å². The van der Waals surface area contributed by atoms with Gasteiger partial charge in [0.15, 0.2) is 5.82 Å². The number of rotatable bonds is 5. The van der Waals surface area contributed by atoms with Crippen molar-refractivity contribution >= 4 is 0 Å². The van der Waals surface area contributed by atoms with E-state index in [1.807, 2.05) is 0 Å². The Balaban J connectivity index is 1.55. The van der Waals surface area contributed by atoms with Crippen molar-refractivity contribution in [2.45, 2.75) is 38.6 Å². The van der Waals surface area contributed by atoms with Crippen LogP contribution in [0.3, 0.4) is 0 Å². The van der Waals surface area contributed by atoms with Gasteiger partial charge in [-0.3, -0.25) is 9.80 Å². The van der Waals surface area contributed by atoms with Gasteiger partial charge in [-0.1, -0.05) is 17.3 Å². The molecule has 1 atom stereocenters. The highest BCUT2D eigenvalue weighted by atomic mass is 16.5. The standard InChI is InChI=1S/C15H24N4O/c1-11(2)10-18-6-8-19(9-7-18)12(3)15-16-14(17-20-15)13-4-5-13/h12-13H,1,4-10H2,2-3H3/t12-/m0/s1. The first kappa shape index (κ1) is 13.8. The molecular formula is C15H24N4O. The Morgan fingerprint density at radius 3 is 2.65 bits per heavy atom. The van der Waals surface area contributed by atoms with Crippen molar-refractivity contribution in [1.82, 2.24) is 19.9 Å². The van der Waals surface area contributed by atoms with Crippen molar-refractivity contribution in [1.29, 1.82) is 0 Å². The van der Waals surface area contributed by atoms with E-state index in [4.69, 9.17) is 4.52 Å². The van der Waals surface area contributed by atoms with Gasteiger partial charge in [-0.15, -0.1) is 0 Å². The number of hydrogen-bond acceptors (Lipinski definition) is 5. The smallest absolute Gasteiger partial charge is 0.243 e. The Hall–Kier alpha value is -1.20. The molecular weight excluding hydrogens is 252 g/mol. The highest BCUT2D eigenvalue weighted by Gasteiger charge is 2.31. The average Bonchev–Trinajstić information content (AvgIpc) is 3.16. The topological polar surface area (TPSA) is 45.4 Å². The third-order valence-electron chi connectivity index (χ3n) is 4.21. The highest BCUT2D eigenvalue weighted by Crippen LogP contribution is 2.38. The van der Waals surface area contributed by atoms with Gasteiger partial charge in [0.25, 0.3) is 0 Å². The summed E-state index contributed by atoms with van der Waals surface area (Å²) in [4.78, 5) is 9.45. The third-order valence-corrected chi connectivity index (χ3v) is 4.21. The average molecular weight is 276 g/mol. The summed E-state index contributed by atoms with van der Waals surface area (Å²) >= 11 is 0. The van der Waals surface area contributed by atoms with E-state index in [-0.39, 0.29) is 6.04 Å². The second kappa shape index (κ2) is 5.66. The molecule has 1 aromatic rings. The molecule has 1 aliphatic carbocycles. The van der Waals surface area contributed by atoms with Gasteiger partial charge in [0.05, 0.1) is 6.04 Å². The Labute approximate surface area is 120 Å². The lowest BCUT2D eigenvalue weighted by Gasteiger charge is -2.36. The summed E-state index contributed by atoms with van der Waals surface area (Å²) in [7, 11) is 0. The molecule has 110 valence electrons. The molecule has 2 heterocycles. The second-order valence-corrected chi connectivity index (χ2v) is 6.21. The predicted molar refractivity (Wildman–Crippen MR) is 77.5 cm³/mol. The molecule has 5 nitrogen and oxygen atoms in total. The second-order valence-electron chi connectivity index (χ2n) is 6.21. The van der Waals surface area contributed by atoms with E-state index in [0.29, 0.717) is 5.92 Å². The van der Waals surface area contributed by atoms with Crippen LogP contribution in [0.4, 0.5) is 0 Å². The van der Waals surface area contributed by atoms with E-state index in [1.165, 1.54) is 18.4 Å². The van der Waals surface area contributed by atoms with E-state index in [1.54, 1.807) is 0 Å². The number of nitrogens with zero attached hydrogens (tertiary/aromatic N) is 4. The predicted octanol–water partition coefficient (Wildman–Crippen LogP) is 2.20. The van der Waals surface area contributed by atoms with Crippen molar-refractivity contribution in [2.24, 2.45) is 0 Å². The van der Waals surface area contributed by atoms with Crippen molar-refractivity contribution in [3.8, 4) is 0 Å². The number of piperazine rings is 1. The maximum Gasteiger partial charge on any atom is 0.243 e. The van der Waals surface area contributed by atoms with Crippen molar-refractivity contribution < 1.29 is 4.52 Å².